The summed E-state index contributed by atoms with van der Waals surface area (Å²) in [6, 6.07) is 6.67. The van der Waals surface area contributed by atoms with Gasteiger partial charge in [0.25, 0.3) is 0 Å². The average Bonchev–Trinajstić information content (AvgIpc) is 2.65. The fraction of sp³-hybridized carbons (Fsp3) is 0.571. The highest BCUT2D eigenvalue weighted by Crippen LogP contribution is 2.19. The number of rotatable bonds is 4. The second kappa shape index (κ2) is 11.9. The molecule has 0 heterocycles. The number of amides is 1. The molecule has 1 saturated carbocycles. The van der Waals surface area contributed by atoms with E-state index in [1.165, 1.54) is 6.07 Å². The van der Waals surface area contributed by atoms with Gasteiger partial charge in [0.2, 0.25) is 0 Å². The number of nitrogens with zero attached hydrogens (tertiary/aromatic N) is 2. The van der Waals surface area contributed by atoms with Crippen LogP contribution in [0.5, 0.6) is 0 Å². The largest absolute Gasteiger partial charge is 0.444 e. The number of ether oxygens (including phenoxy) is 1. The van der Waals surface area contributed by atoms with Crippen LogP contribution in [0.25, 0.3) is 0 Å². The summed E-state index contributed by atoms with van der Waals surface area (Å²) in [5, 5.41) is 18.2. The number of nitrogens with one attached hydrogen (secondary N) is 3. The molecular formula is C21H31FIN5O2. The highest BCUT2D eigenvalue weighted by molar-refractivity contribution is 14.0. The van der Waals surface area contributed by atoms with E-state index in [-0.39, 0.29) is 48.7 Å². The maximum Gasteiger partial charge on any atom is 0.407 e. The van der Waals surface area contributed by atoms with Crippen molar-refractivity contribution in [3.63, 3.8) is 0 Å². The third-order valence-electron chi connectivity index (χ3n) is 4.64. The molecule has 30 heavy (non-hydrogen) atoms. The smallest absolute Gasteiger partial charge is 0.407 e. The number of hydrogen-bond acceptors (Lipinski definition) is 4. The fourth-order valence-corrected chi connectivity index (χ4v) is 3.18. The van der Waals surface area contributed by atoms with Crippen LogP contribution in [0.2, 0.25) is 0 Å². The first-order valence-corrected chi connectivity index (χ1v) is 9.85. The topological polar surface area (TPSA) is 98.5 Å². The molecule has 0 atom stereocenters. The molecule has 0 saturated heterocycles. The van der Waals surface area contributed by atoms with Crippen LogP contribution in [-0.4, -0.2) is 36.8 Å². The average molecular weight is 531 g/mol. The lowest BCUT2D eigenvalue weighted by Crippen LogP contribution is -2.48. The van der Waals surface area contributed by atoms with Gasteiger partial charge in [-0.15, -0.1) is 24.0 Å². The van der Waals surface area contributed by atoms with Gasteiger partial charge in [-0.2, -0.15) is 5.26 Å². The van der Waals surface area contributed by atoms with E-state index in [4.69, 9.17) is 10.00 Å². The molecule has 1 aliphatic carbocycles. The zero-order valence-corrected chi connectivity index (χ0v) is 20.2. The maximum atomic E-state index is 14.0. The van der Waals surface area contributed by atoms with Crippen LogP contribution >= 0.6 is 24.0 Å². The van der Waals surface area contributed by atoms with Gasteiger partial charge in [-0.1, -0.05) is 6.07 Å². The molecule has 0 aliphatic heterocycles. The molecule has 1 fully saturated rings. The van der Waals surface area contributed by atoms with Crippen molar-refractivity contribution in [1.29, 1.82) is 5.26 Å². The molecule has 1 aromatic carbocycles. The molecule has 166 valence electrons. The molecule has 0 aromatic heterocycles. The number of alkyl carbamates (subject to hydrolysis) is 1. The van der Waals surface area contributed by atoms with Gasteiger partial charge in [0.1, 0.15) is 11.4 Å². The minimum absolute atomic E-state index is 0. The quantitative estimate of drug-likeness (QED) is 0.312. The Kier molecular flexibility index (Phi) is 10.3. The number of benzene rings is 1. The fourth-order valence-electron chi connectivity index (χ4n) is 3.18. The highest BCUT2D eigenvalue weighted by Gasteiger charge is 2.25. The Morgan fingerprint density at radius 1 is 1.23 bits per heavy atom. The van der Waals surface area contributed by atoms with Crippen molar-refractivity contribution >= 4 is 36.0 Å². The summed E-state index contributed by atoms with van der Waals surface area (Å²) < 4.78 is 19.3. The van der Waals surface area contributed by atoms with Crippen LogP contribution in [0.4, 0.5) is 9.18 Å². The molecule has 1 aromatic rings. The van der Waals surface area contributed by atoms with Crippen LogP contribution < -0.4 is 16.0 Å². The minimum Gasteiger partial charge on any atom is -0.444 e. The van der Waals surface area contributed by atoms with Gasteiger partial charge in [0.05, 0.1) is 11.6 Å². The maximum absolute atomic E-state index is 14.0. The van der Waals surface area contributed by atoms with Crippen LogP contribution in [-0.2, 0) is 11.3 Å². The molecule has 0 bridgehead atoms. The van der Waals surface area contributed by atoms with Crippen LogP contribution in [0.15, 0.2) is 23.2 Å². The summed E-state index contributed by atoms with van der Waals surface area (Å²) in [7, 11) is 1.67. The Labute approximate surface area is 194 Å². The molecular weight excluding hydrogens is 500 g/mol. The van der Waals surface area contributed by atoms with E-state index >= 15 is 0 Å². The van der Waals surface area contributed by atoms with E-state index in [2.05, 4.69) is 20.9 Å². The zero-order chi connectivity index (χ0) is 21.4. The molecule has 0 unspecified atom stereocenters. The first-order valence-electron chi connectivity index (χ1n) is 9.85. The van der Waals surface area contributed by atoms with Crippen molar-refractivity contribution in [1.82, 2.24) is 16.0 Å². The Hall–Kier alpha value is -2.09. The van der Waals surface area contributed by atoms with Gasteiger partial charge in [0.15, 0.2) is 5.96 Å². The second-order valence-electron chi connectivity index (χ2n) is 8.18. The molecule has 9 heteroatoms. The summed E-state index contributed by atoms with van der Waals surface area (Å²) in [4.78, 5) is 16.1. The first-order chi connectivity index (χ1) is 13.7. The van der Waals surface area contributed by atoms with Gasteiger partial charge >= 0.3 is 6.09 Å². The molecule has 1 amide bonds. The molecule has 1 aliphatic rings. The summed E-state index contributed by atoms with van der Waals surface area (Å²) in [6.07, 6.45) is 3.07. The van der Waals surface area contributed by atoms with E-state index in [1.807, 2.05) is 26.8 Å². The van der Waals surface area contributed by atoms with E-state index in [0.29, 0.717) is 17.1 Å². The molecule has 0 spiro atoms. The van der Waals surface area contributed by atoms with Crippen molar-refractivity contribution in [2.45, 2.75) is 70.7 Å². The molecule has 7 nitrogen and oxygen atoms in total. The van der Waals surface area contributed by atoms with Crippen LogP contribution in [0, 0.1) is 17.1 Å². The Balaban J connectivity index is 0.00000450. The number of hydrogen-bond donors (Lipinski definition) is 3. The van der Waals surface area contributed by atoms with Crippen LogP contribution in [0.1, 0.15) is 57.6 Å². The molecule has 0 radical (unpaired) electrons. The monoisotopic (exact) mass is 531 g/mol. The lowest BCUT2D eigenvalue weighted by atomic mass is 9.91. The Morgan fingerprint density at radius 3 is 2.33 bits per heavy atom. The number of guanidine groups is 1. The summed E-state index contributed by atoms with van der Waals surface area (Å²) >= 11 is 0. The Morgan fingerprint density at radius 2 is 1.83 bits per heavy atom. The predicted octanol–water partition coefficient (Wildman–Crippen LogP) is 3.82. The minimum atomic E-state index is -0.505. The second-order valence-corrected chi connectivity index (χ2v) is 8.18. The predicted molar refractivity (Wildman–Crippen MR) is 125 cm³/mol. The number of halogens is 2. The summed E-state index contributed by atoms with van der Waals surface area (Å²) in [5.74, 6) is 0.179. The lowest BCUT2D eigenvalue weighted by molar-refractivity contribution is 0.0490. The van der Waals surface area contributed by atoms with E-state index in [0.717, 1.165) is 25.7 Å². The summed E-state index contributed by atoms with van der Waals surface area (Å²) in [5.41, 5.74) is 0.262. The van der Waals surface area contributed by atoms with Crippen molar-refractivity contribution < 1.29 is 13.9 Å². The van der Waals surface area contributed by atoms with Crippen LogP contribution in [0.3, 0.4) is 0 Å². The van der Waals surface area contributed by atoms with Gasteiger partial charge in [0, 0.05) is 31.2 Å². The standard InChI is InChI=1S/C21H30FN5O2.HI/c1-21(2,3)29-20(28)27-17-9-7-16(8-10-17)26-19(24-4)25-13-15-6-5-14(12-23)11-18(15)22;/h5-6,11,16-17H,7-10,13H2,1-4H3,(H,27,28)(H2,24,25,26);1H. The van der Waals surface area contributed by atoms with Crippen molar-refractivity contribution in [2.75, 3.05) is 7.05 Å². The van der Waals surface area contributed by atoms with E-state index < -0.39 is 11.4 Å². The Bertz CT molecular complexity index is 781. The summed E-state index contributed by atoms with van der Waals surface area (Å²) in [6.45, 7) is 5.80. The normalized spacial score (nSPS) is 19.1. The van der Waals surface area contributed by atoms with Gasteiger partial charge in [-0.25, -0.2) is 9.18 Å². The zero-order valence-electron chi connectivity index (χ0n) is 17.9. The highest BCUT2D eigenvalue weighted by atomic mass is 127. The van der Waals surface area contributed by atoms with E-state index in [9.17, 15) is 9.18 Å². The van der Waals surface area contributed by atoms with Gasteiger partial charge in [-0.05, 0) is 58.6 Å². The molecule has 2 rings (SSSR count). The number of aliphatic imine (C=N–C) groups is 1. The van der Waals surface area contributed by atoms with Crippen molar-refractivity contribution in [2.24, 2.45) is 4.99 Å². The first kappa shape index (κ1) is 25.9. The van der Waals surface area contributed by atoms with Crippen molar-refractivity contribution in [3.8, 4) is 6.07 Å². The number of carbonyl (C=O) groups is 1. The third-order valence-corrected chi connectivity index (χ3v) is 4.64. The van der Waals surface area contributed by atoms with Gasteiger partial charge in [-0.3, -0.25) is 4.99 Å². The van der Waals surface area contributed by atoms with Crippen molar-refractivity contribution in [3.05, 3.63) is 35.1 Å². The van der Waals surface area contributed by atoms with E-state index in [1.54, 1.807) is 19.2 Å². The van der Waals surface area contributed by atoms with Gasteiger partial charge < -0.3 is 20.7 Å². The molecule has 3 N–H and O–H groups in total. The lowest BCUT2D eigenvalue weighted by Gasteiger charge is -2.31. The SMILES string of the molecule is CN=C(NCc1ccc(C#N)cc1F)NC1CCC(NC(=O)OC(C)(C)C)CC1.I. The third kappa shape index (κ3) is 8.73. The number of carbonyl (C=O) groups excluding carboxylic acids is 1. The number of nitriles is 1.